The minimum Gasteiger partial charge on any atom is -0.252 e. The minimum atomic E-state index is -4.39. The lowest BCUT2D eigenvalue weighted by molar-refractivity contribution is -0.137. The van der Waals surface area contributed by atoms with Gasteiger partial charge in [0.15, 0.2) is 5.71 Å². The Kier molecular flexibility index (Phi) is 3.55. The Bertz CT molecular complexity index is 1080. The fraction of sp³-hybridized carbons (Fsp3) is 0.0526. The molecule has 4 nitrogen and oxygen atoms in total. The van der Waals surface area contributed by atoms with Gasteiger partial charge in [-0.2, -0.15) is 19.7 Å². The van der Waals surface area contributed by atoms with Crippen LogP contribution in [0.25, 0.3) is 27.5 Å². The highest BCUT2D eigenvalue weighted by atomic mass is 19.4. The zero-order chi connectivity index (χ0) is 18.3. The summed E-state index contributed by atoms with van der Waals surface area (Å²) in [6, 6.07) is 12.1. The first-order chi connectivity index (χ1) is 12.5. The normalized spacial score (nSPS) is 14.0. The second-order valence-corrected chi connectivity index (χ2v) is 5.62. The number of fused-ring (bicyclic) bond motifs is 3. The van der Waals surface area contributed by atoms with Crippen molar-refractivity contribution in [3.05, 3.63) is 83.1 Å². The summed E-state index contributed by atoms with van der Waals surface area (Å²) in [6.45, 7) is 7.03. The van der Waals surface area contributed by atoms with Gasteiger partial charge in [0.1, 0.15) is 5.69 Å². The first-order valence-corrected chi connectivity index (χ1v) is 7.58. The lowest BCUT2D eigenvalue weighted by Gasteiger charge is -2.08. The van der Waals surface area contributed by atoms with Gasteiger partial charge in [-0.1, -0.05) is 36.4 Å². The molecule has 0 aliphatic heterocycles. The Morgan fingerprint density at radius 2 is 1.62 bits per heavy atom. The second kappa shape index (κ2) is 5.77. The zero-order valence-corrected chi connectivity index (χ0v) is 13.1. The van der Waals surface area contributed by atoms with Gasteiger partial charge in [0.2, 0.25) is 0 Å². The number of hydrogen-bond acceptors (Lipinski definition) is 3. The fourth-order valence-corrected chi connectivity index (χ4v) is 2.90. The van der Waals surface area contributed by atoms with Gasteiger partial charge in [0.05, 0.1) is 28.2 Å². The largest absolute Gasteiger partial charge is 0.416 e. The minimum absolute atomic E-state index is 0.419. The maximum absolute atomic E-state index is 12.7. The molecule has 0 saturated heterocycles. The summed E-state index contributed by atoms with van der Waals surface area (Å²) in [5, 5.41) is 3.84. The smallest absolute Gasteiger partial charge is 0.252 e. The molecule has 3 aromatic rings. The summed E-state index contributed by atoms with van der Waals surface area (Å²) in [5.74, 6) is 0. The van der Waals surface area contributed by atoms with Gasteiger partial charge in [-0.15, -0.1) is 4.95 Å². The molecule has 126 valence electrons. The van der Waals surface area contributed by atoms with Crippen LogP contribution in [-0.4, -0.2) is 15.7 Å². The predicted molar refractivity (Wildman–Crippen MR) is 90.1 cm³/mol. The summed E-state index contributed by atoms with van der Waals surface area (Å²) in [7, 11) is 0. The van der Waals surface area contributed by atoms with Crippen molar-refractivity contribution in [2.45, 2.75) is 6.18 Å². The third-order valence-electron chi connectivity index (χ3n) is 4.09. The molecule has 0 N–H and O–H groups in total. The van der Waals surface area contributed by atoms with Crippen LogP contribution in [-0.2, 0) is 6.18 Å². The van der Waals surface area contributed by atoms with Crippen molar-refractivity contribution in [2.24, 2.45) is 5.10 Å². The summed E-state index contributed by atoms with van der Waals surface area (Å²) in [4.78, 5) is 12.0. The zero-order valence-electron chi connectivity index (χ0n) is 13.1. The molecule has 0 fully saturated rings. The van der Waals surface area contributed by atoms with Crippen LogP contribution in [0.1, 0.15) is 16.8 Å². The number of benzene rings is 2. The maximum Gasteiger partial charge on any atom is 0.416 e. The molecule has 7 heteroatoms. The van der Waals surface area contributed by atoms with E-state index >= 15 is 0 Å². The van der Waals surface area contributed by atoms with Crippen LogP contribution in [0.4, 0.5) is 13.2 Å². The van der Waals surface area contributed by atoms with Crippen molar-refractivity contribution in [3.63, 3.8) is 0 Å². The molecule has 0 bridgehead atoms. The molecule has 2 aromatic carbocycles. The lowest BCUT2D eigenvalue weighted by Crippen LogP contribution is -2.04. The van der Waals surface area contributed by atoms with E-state index in [1.54, 1.807) is 0 Å². The average molecular weight is 350 g/mol. The molecule has 0 amide bonds. The molecule has 0 spiro atoms. The molecule has 1 aliphatic carbocycles. The number of aromatic nitrogens is 2. The van der Waals surface area contributed by atoms with Crippen molar-refractivity contribution in [2.75, 3.05) is 0 Å². The molecule has 26 heavy (non-hydrogen) atoms. The Balaban J connectivity index is 1.82. The fourth-order valence-electron chi connectivity index (χ4n) is 2.90. The van der Waals surface area contributed by atoms with Gasteiger partial charge in [-0.05, 0) is 12.1 Å². The summed E-state index contributed by atoms with van der Waals surface area (Å²) in [6.07, 6.45) is -2.88. The van der Waals surface area contributed by atoms with E-state index in [1.807, 2.05) is 24.3 Å². The van der Waals surface area contributed by atoms with E-state index in [0.717, 1.165) is 23.3 Å². The number of nitrogens with zero attached hydrogens (tertiary/aromatic N) is 4. The standard InChI is InChI=1S/C19H9F3N4/c1-23-26-17-14-5-3-2-4-13(14)16-18(17)25-15(10-24-16)11-6-8-12(9-7-11)19(20,21)22/h2-10H/b26-17+. The molecule has 0 atom stereocenters. The molecule has 0 saturated carbocycles. The molecular formula is C19H9F3N4. The van der Waals surface area contributed by atoms with Crippen LogP contribution in [0.2, 0.25) is 0 Å². The van der Waals surface area contributed by atoms with E-state index in [-0.39, 0.29) is 0 Å². The quantitative estimate of drug-likeness (QED) is 0.365. The predicted octanol–water partition coefficient (Wildman–Crippen LogP) is 4.81. The number of rotatable bonds is 1. The molecule has 1 heterocycles. The van der Waals surface area contributed by atoms with Crippen LogP contribution >= 0.6 is 0 Å². The van der Waals surface area contributed by atoms with Crippen molar-refractivity contribution in [1.29, 1.82) is 0 Å². The van der Waals surface area contributed by atoms with E-state index in [2.05, 4.69) is 20.0 Å². The van der Waals surface area contributed by atoms with Gasteiger partial charge in [-0.3, -0.25) is 4.98 Å². The summed E-state index contributed by atoms with van der Waals surface area (Å²) >= 11 is 0. The lowest BCUT2D eigenvalue weighted by atomic mass is 10.1. The van der Waals surface area contributed by atoms with Gasteiger partial charge < -0.3 is 0 Å². The van der Waals surface area contributed by atoms with Gasteiger partial charge in [0, 0.05) is 16.7 Å². The van der Waals surface area contributed by atoms with E-state index in [1.165, 1.54) is 18.3 Å². The van der Waals surface area contributed by atoms with E-state index in [4.69, 9.17) is 6.57 Å². The highest BCUT2D eigenvalue weighted by molar-refractivity contribution is 6.23. The SMILES string of the molecule is [C-]#[N+]/N=C1\c2ccccc2-c2ncc(-c3ccc(C(F)(F)F)cc3)nc21. The van der Waals surface area contributed by atoms with Crippen molar-refractivity contribution >= 4 is 5.71 Å². The third-order valence-corrected chi connectivity index (χ3v) is 4.09. The van der Waals surface area contributed by atoms with E-state index in [0.29, 0.717) is 28.4 Å². The molecule has 0 radical (unpaired) electrons. The molecule has 4 rings (SSSR count). The van der Waals surface area contributed by atoms with Gasteiger partial charge >= 0.3 is 6.18 Å². The van der Waals surface area contributed by atoms with Crippen molar-refractivity contribution < 1.29 is 13.2 Å². The van der Waals surface area contributed by atoms with Crippen molar-refractivity contribution in [1.82, 2.24) is 9.97 Å². The third kappa shape index (κ3) is 2.52. The number of hydrogen-bond donors (Lipinski definition) is 0. The van der Waals surface area contributed by atoms with Crippen molar-refractivity contribution in [3.8, 4) is 22.5 Å². The Morgan fingerprint density at radius 1 is 0.923 bits per heavy atom. The maximum atomic E-state index is 12.7. The monoisotopic (exact) mass is 350 g/mol. The second-order valence-electron chi connectivity index (χ2n) is 5.62. The number of alkyl halides is 3. The molecule has 1 aliphatic rings. The molecule has 0 unspecified atom stereocenters. The first-order valence-electron chi connectivity index (χ1n) is 7.58. The topological polar surface area (TPSA) is 42.5 Å². The van der Waals surface area contributed by atoms with Gasteiger partial charge in [0.25, 0.3) is 0 Å². The Morgan fingerprint density at radius 3 is 2.27 bits per heavy atom. The van der Waals surface area contributed by atoms with Crippen LogP contribution in [0.5, 0.6) is 0 Å². The van der Waals surface area contributed by atoms with E-state index in [9.17, 15) is 13.2 Å². The summed E-state index contributed by atoms with van der Waals surface area (Å²) in [5.41, 5.74) is 3.29. The molecular weight excluding hydrogens is 341 g/mol. The highest BCUT2D eigenvalue weighted by Gasteiger charge is 2.31. The highest BCUT2D eigenvalue weighted by Crippen LogP contribution is 2.36. The van der Waals surface area contributed by atoms with Crippen LogP contribution in [0.15, 0.2) is 59.8 Å². The van der Waals surface area contributed by atoms with Crippen LogP contribution in [0.3, 0.4) is 0 Å². The van der Waals surface area contributed by atoms with Crippen LogP contribution < -0.4 is 0 Å². The average Bonchev–Trinajstić information content (AvgIpc) is 2.95. The molecule has 1 aromatic heterocycles. The summed E-state index contributed by atoms with van der Waals surface area (Å²) < 4.78 is 38.2. The number of halogens is 3. The van der Waals surface area contributed by atoms with Crippen LogP contribution in [0, 0.1) is 6.57 Å². The Hall–Kier alpha value is -3.53. The Labute approximate surface area is 146 Å². The van der Waals surface area contributed by atoms with E-state index < -0.39 is 11.7 Å². The first kappa shape index (κ1) is 16.0. The van der Waals surface area contributed by atoms with Gasteiger partial charge in [-0.25, -0.2) is 4.98 Å².